The summed E-state index contributed by atoms with van der Waals surface area (Å²) in [5, 5.41) is 0. The summed E-state index contributed by atoms with van der Waals surface area (Å²) < 4.78 is 5.47. The zero-order valence-corrected chi connectivity index (χ0v) is 10.0. The molecule has 0 fully saturated rings. The first-order valence-corrected chi connectivity index (χ1v) is 5.69. The molecule has 0 aliphatic rings. The van der Waals surface area contributed by atoms with Crippen molar-refractivity contribution < 1.29 is 9.53 Å². The molecule has 0 radical (unpaired) electrons. The van der Waals surface area contributed by atoms with Gasteiger partial charge < -0.3 is 4.74 Å². The second-order valence-electron chi connectivity index (χ2n) is 2.74. The largest absolute Gasteiger partial charge is 0.466 e. The van der Waals surface area contributed by atoms with Gasteiger partial charge in [-0.2, -0.15) is 0 Å². The molecule has 0 aliphatic heterocycles. The van der Waals surface area contributed by atoms with Crippen molar-refractivity contribution >= 4 is 34.6 Å². The highest BCUT2D eigenvalue weighted by atomic mass is 127. The number of esters is 1. The summed E-state index contributed by atoms with van der Waals surface area (Å²) >= 11 is 2.30. The predicted molar refractivity (Wildman–Crippen MR) is 65.2 cm³/mol. The van der Waals surface area contributed by atoms with Crippen LogP contribution in [0.3, 0.4) is 0 Å². The average Bonchev–Trinajstić information content (AvgIpc) is 2.26. The quantitative estimate of drug-likeness (QED) is 0.371. The van der Waals surface area contributed by atoms with Crippen LogP contribution in [0.1, 0.15) is 11.1 Å². The molecule has 0 aliphatic carbocycles. The van der Waals surface area contributed by atoms with Gasteiger partial charge in [-0.3, -0.25) is 0 Å². The molecular weight excluding hydrogens is 291 g/mol. The molecular formula is C11H11IO2. The lowest BCUT2D eigenvalue weighted by Crippen LogP contribution is -1.93. The van der Waals surface area contributed by atoms with Gasteiger partial charge in [0.2, 0.25) is 0 Å². The number of halogens is 1. The SMILES string of the molecule is COC(=O)C=Cc1cccc(CI)c1. The van der Waals surface area contributed by atoms with Crippen LogP contribution in [0.15, 0.2) is 30.3 Å². The Morgan fingerprint density at radius 2 is 2.36 bits per heavy atom. The first-order chi connectivity index (χ1) is 6.76. The third kappa shape index (κ3) is 3.49. The Bertz CT molecular complexity index is 345. The standard InChI is InChI=1S/C11H11IO2/c1-14-11(13)6-5-9-3-2-4-10(7-9)8-12/h2-7H,8H2,1H3. The van der Waals surface area contributed by atoms with Crippen molar-refractivity contribution in [3.05, 3.63) is 41.5 Å². The maximum atomic E-state index is 10.8. The van der Waals surface area contributed by atoms with Gasteiger partial charge in [-0.05, 0) is 17.2 Å². The van der Waals surface area contributed by atoms with Gasteiger partial charge >= 0.3 is 5.97 Å². The minimum absolute atomic E-state index is 0.329. The number of methoxy groups -OCH3 is 1. The van der Waals surface area contributed by atoms with Gasteiger partial charge in [0.1, 0.15) is 0 Å². The van der Waals surface area contributed by atoms with Gasteiger partial charge in [0.25, 0.3) is 0 Å². The molecule has 0 N–H and O–H groups in total. The van der Waals surface area contributed by atoms with E-state index >= 15 is 0 Å². The summed E-state index contributed by atoms with van der Waals surface area (Å²) in [7, 11) is 1.37. The molecule has 14 heavy (non-hydrogen) atoms. The lowest BCUT2D eigenvalue weighted by Gasteiger charge is -1.97. The molecule has 0 heterocycles. The Kier molecular flexibility index (Phi) is 4.65. The Labute approximate surface area is 97.1 Å². The van der Waals surface area contributed by atoms with Crippen LogP contribution in [0, 0.1) is 0 Å². The average molecular weight is 302 g/mol. The first-order valence-electron chi connectivity index (χ1n) is 4.17. The van der Waals surface area contributed by atoms with E-state index in [1.54, 1.807) is 6.08 Å². The molecule has 0 spiro atoms. The smallest absolute Gasteiger partial charge is 0.330 e. The summed E-state index contributed by atoms with van der Waals surface area (Å²) in [6, 6.07) is 8.04. The van der Waals surface area contributed by atoms with Crippen molar-refractivity contribution in [3.63, 3.8) is 0 Å². The maximum Gasteiger partial charge on any atom is 0.330 e. The maximum absolute atomic E-state index is 10.8. The van der Waals surface area contributed by atoms with Crippen LogP contribution in [-0.2, 0) is 14.0 Å². The van der Waals surface area contributed by atoms with Crippen LogP contribution >= 0.6 is 22.6 Å². The topological polar surface area (TPSA) is 26.3 Å². The van der Waals surface area contributed by atoms with E-state index < -0.39 is 0 Å². The van der Waals surface area contributed by atoms with Crippen LogP contribution < -0.4 is 0 Å². The third-order valence-corrected chi connectivity index (χ3v) is 2.60. The van der Waals surface area contributed by atoms with Gasteiger partial charge in [-0.1, -0.05) is 46.9 Å². The minimum Gasteiger partial charge on any atom is -0.466 e. The number of rotatable bonds is 3. The highest BCUT2D eigenvalue weighted by Crippen LogP contribution is 2.10. The van der Waals surface area contributed by atoms with Crippen molar-refractivity contribution in [1.82, 2.24) is 0 Å². The van der Waals surface area contributed by atoms with Gasteiger partial charge in [0.15, 0.2) is 0 Å². The van der Waals surface area contributed by atoms with Crippen molar-refractivity contribution in [1.29, 1.82) is 0 Å². The zero-order chi connectivity index (χ0) is 10.4. The molecule has 1 aromatic carbocycles. The number of hydrogen-bond acceptors (Lipinski definition) is 2. The Balaban J connectivity index is 2.76. The van der Waals surface area contributed by atoms with Crippen LogP contribution in [-0.4, -0.2) is 13.1 Å². The molecule has 0 bridgehead atoms. The number of alkyl halides is 1. The Morgan fingerprint density at radius 1 is 1.57 bits per heavy atom. The summed E-state index contributed by atoms with van der Waals surface area (Å²) in [5.74, 6) is -0.329. The second kappa shape index (κ2) is 5.80. The number of hydrogen-bond donors (Lipinski definition) is 0. The number of carbonyl (C=O) groups excluding carboxylic acids is 1. The highest BCUT2D eigenvalue weighted by molar-refractivity contribution is 14.1. The van der Waals surface area contributed by atoms with E-state index in [2.05, 4.69) is 33.4 Å². The fourth-order valence-electron chi connectivity index (χ4n) is 1.01. The molecule has 1 aromatic rings. The summed E-state index contributed by atoms with van der Waals surface area (Å²) in [6.07, 6.45) is 3.17. The minimum atomic E-state index is -0.329. The fraction of sp³-hybridized carbons (Fsp3) is 0.182. The molecule has 3 heteroatoms. The monoisotopic (exact) mass is 302 g/mol. The van der Waals surface area contributed by atoms with E-state index in [1.165, 1.54) is 18.7 Å². The number of ether oxygens (including phenoxy) is 1. The predicted octanol–water partition coefficient (Wildman–Crippen LogP) is 2.81. The van der Waals surface area contributed by atoms with E-state index in [-0.39, 0.29) is 5.97 Å². The van der Waals surface area contributed by atoms with Gasteiger partial charge in [0.05, 0.1) is 7.11 Å². The Hall–Kier alpha value is -0.840. The molecule has 0 unspecified atom stereocenters. The lowest BCUT2D eigenvalue weighted by atomic mass is 10.1. The third-order valence-electron chi connectivity index (χ3n) is 1.72. The van der Waals surface area contributed by atoms with Gasteiger partial charge in [0, 0.05) is 10.5 Å². The van der Waals surface area contributed by atoms with Crippen molar-refractivity contribution in [2.45, 2.75) is 4.43 Å². The summed E-state index contributed by atoms with van der Waals surface area (Å²) in [5.41, 5.74) is 2.27. The summed E-state index contributed by atoms with van der Waals surface area (Å²) in [4.78, 5) is 10.8. The molecule has 0 saturated carbocycles. The molecule has 1 rings (SSSR count). The van der Waals surface area contributed by atoms with E-state index in [9.17, 15) is 4.79 Å². The normalized spacial score (nSPS) is 10.4. The number of benzene rings is 1. The van der Waals surface area contributed by atoms with Crippen LogP contribution in [0.2, 0.25) is 0 Å². The number of carbonyl (C=O) groups is 1. The van der Waals surface area contributed by atoms with Crippen LogP contribution in [0.5, 0.6) is 0 Å². The van der Waals surface area contributed by atoms with E-state index in [0.29, 0.717) is 0 Å². The van der Waals surface area contributed by atoms with Crippen LogP contribution in [0.4, 0.5) is 0 Å². The fourth-order valence-corrected chi connectivity index (χ4v) is 1.49. The van der Waals surface area contributed by atoms with Crippen LogP contribution in [0.25, 0.3) is 6.08 Å². The van der Waals surface area contributed by atoms with E-state index in [4.69, 9.17) is 0 Å². The van der Waals surface area contributed by atoms with E-state index in [1.807, 2.05) is 18.2 Å². The molecule has 0 saturated heterocycles. The molecule has 0 atom stereocenters. The zero-order valence-electron chi connectivity index (χ0n) is 7.87. The first kappa shape index (κ1) is 11.2. The molecule has 2 nitrogen and oxygen atoms in total. The molecule has 74 valence electrons. The van der Waals surface area contributed by atoms with E-state index in [0.717, 1.165) is 9.99 Å². The molecule has 0 aromatic heterocycles. The van der Waals surface area contributed by atoms with Crippen molar-refractivity contribution in [2.75, 3.05) is 7.11 Å². The Morgan fingerprint density at radius 3 is 3.00 bits per heavy atom. The van der Waals surface area contributed by atoms with Gasteiger partial charge in [-0.15, -0.1) is 0 Å². The molecule has 0 amide bonds. The van der Waals surface area contributed by atoms with Crippen molar-refractivity contribution in [3.8, 4) is 0 Å². The summed E-state index contributed by atoms with van der Waals surface area (Å²) in [6.45, 7) is 0. The van der Waals surface area contributed by atoms with Crippen molar-refractivity contribution in [2.24, 2.45) is 0 Å². The second-order valence-corrected chi connectivity index (χ2v) is 3.50. The van der Waals surface area contributed by atoms with Gasteiger partial charge in [-0.25, -0.2) is 4.79 Å². The highest BCUT2D eigenvalue weighted by Gasteiger charge is 1.93. The lowest BCUT2D eigenvalue weighted by molar-refractivity contribution is -0.134.